The molecule has 0 amide bonds. The number of ether oxygens (including phenoxy) is 1. The molecule has 0 aliphatic carbocycles. The quantitative estimate of drug-likeness (QED) is 0.433. The van der Waals surface area contributed by atoms with Crippen molar-refractivity contribution in [1.29, 1.82) is 0 Å². The van der Waals surface area contributed by atoms with Crippen molar-refractivity contribution in [2.45, 2.75) is 0 Å². The predicted molar refractivity (Wildman–Crippen MR) is 28.6 cm³/mol. The summed E-state index contributed by atoms with van der Waals surface area (Å²) in [7, 11) is 1.49. The summed E-state index contributed by atoms with van der Waals surface area (Å²) in [5.41, 5.74) is 0. The molecule has 0 aromatic heterocycles. The highest BCUT2D eigenvalue weighted by Crippen LogP contribution is 1.77. The third-order valence-corrected chi connectivity index (χ3v) is 0.840. The van der Waals surface area contributed by atoms with Crippen LogP contribution in [0.5, 0.6) is 0 Å². The summed E-state index contributed by atoms with van der Waals surface area (Å²) in [5.74, 6) is 0. The molecule has 0 aromatic rings. The van der Waals surface area contributed by atoms with Gasteiger partial charge in [-0.3, -0.25) is 8.74 Å². The Kier molecular flexibility index (Phi) is 5.19. The monoisotopic (exact) mass is 140 g/mol. The lowest BCUT2D eigenvalue weighted by Crippen LogP contribution is -2.02. The van der Waals surface area contributed by atoms with Crippen LogP contribution in [0.4, 0.5) is 0 Å². The first-order valence-electron chi connectivity index (χ1n) is 2.00. The summed E-state index contributed by atoms with van der Waals surface area (Å²) < 4.78 is 26.4. The van der Waals surface area contributed by atoms with Gasteiger partial charge in [-0.25, -0.2) is 0 Å². The average Bonchev–Trinajstić information content (AvgIpc) is 1.66. The minimum absolute atomic E-state index is 0.152. The maximum Gasteiger partial charge on any atom is 0.301 e. The first-order valence-corrected chi connectivity index (χ1v) is 3.03. The summed E-state index contributed by atoms with van der Waals surface area (Å²) in [6.07, 6.45) is 0. The van der Waals surface area contributed by atoms with Crippen LogP contribution in [-0.2, 0) is 20.3 Å². The number of hydrogen-bond acceptors (Lipinski definition) is 3. The Morgan fingerprint density at radius 3 is 2.62 bits per heavy atom. The maximum atomic E-state index is 9.71. The van der Waals surface area contributed by atoms with E-state index in [4.69, 9.17) is 4.55 Å². The third-order valence-electron chi connectivity index (χ3n) is 0.472. The van der Waals surface area contributed by atoms with Gasteiger partial charge in [0, 0.05) is 7.11 Å². The average molecular weight is 140 g/mol. The van der Waals surface area contributed by atoms with Crippen molar-refractivity contribution in [1.82, 2.24) is 0 Å². The zero-order valence-electron chi connectivity index (χ0n) is 4.49. The van der Waals surface area contributed by atoms with Crippen molar-refractivity contribution >= 4 is 11.4 Å². The Balaban J connectivity index is 2.82. The molecule has 0 rings (SSSR count). The predicted octanol–water partition coefficient (Wildman–Crippen LogP) is -0.214. The van der Waals surface area contributed by atoms with Gasteiger partial charge in [0.15, 0.2) is 0 Å². The largest absolute Gasteiger partial charge is 0.382 e. The number of hydrogen-bond donors (Lipinski definition) is 1. The van der Waals surface area contributed by atoms with Crippen molar-refractivity contribution in [2.75, 3.05) is 20.3 Å². The smallest absolute Gasteiger partial charge is 0.301 e. The highest BCUT2D eigenvalue weighted by molar-refractivity contribution is 7.74. The van der Waals surface area contributed by atoms with Gasteiger partial charge in [-0.2, -0.15) is 4.21 Å². The molecule has 1 unspecified atom stereocenters. The molecule has 50 valence electrons. The lowest BCUT2D eigenvalue weighted by Gasteiger charge is -1.94. The Hall–Kier alpha value is 0.0300. The second kappa shape index (κ2) is 5.17. The van der Waals surface area contributed by atoms with Crippen LogP contribution in [0.25, 0.3) is 0 Å². The van der Waals surface area contributed by atoms with E-state index in [0.29, 0.717) is 6.61 Å². The molecule has 0 bridgehead atoms. The lowest BCUT2D eigenvalue weighted by atomic mass is 10.8. The molecule has 0 radical (unpaired) electrons. The molecular formula is C3H8O4S. The fraction of sp³-hybridized carbons (Fsp3) is 1.00. The molecule has 0 aromatic carbocycles. The van der Waals surface area contributed by atoms with Gasteiger partial charge >= 0.3 is 11.4 Å². The summed E-state index contributed by atoms with van der Waals surface area (Å²) in [6.45, 7) is 0.492. The Labute approximate surface area is 50.3 Å². The van der Waals surface area contributed by atoms with E-state index in [1.807, 2.05) is 0 Å². The number of rotatable bonds is 4. The van der Waals surface area contributed by atoms with Crippen molar-refractivity contribution in [3.8, 4) is 0 Å². The second-order valence-corrected chi connectivity index (χ2v) is 1.70. The fourth-order valence-corrected chi connectivity index (χ4v) is 0.399. The van der Waals surface area contributed by atoms with Crippen LogP contribution >= 0.6 is 0 Å². The van der Waals surface area contributed by atoms with Crippen LogP contribution in [0.15, 0.2) is 0 Å². The Bertz CT molecular complexity index is 73.7. The van der Waals surface area contributed by atoms with Gasteiger partial charge in [0.1, 0.15) is 0 Å². The van der Waals surface area contributed by atoms with E-state index in [0.717, 1.165) is 0 Å². The molecule has 0 fully saturated rings. The van der Waals surface area contributed by atoms with Gasteiger partial charge in [-0.1, -0.05) is 0 Å². The topological polar surface area (TPSA) is 55.8 Å². The van der Waals surface area contributed by atoms with E-state index < -0.39 is 11.4 Å². The lowest BCUT2D eigenvalue weighted by molar-refractivity contribution is 0.148. The highest BCUT2D eigenvalue weighted by Gasteiger charge is 1.89. The van der Waals surface area contributed by atoms with Gasteiger partial charge in [0.2, 0.25) is 0 Å². The summed E-state index contributed by atoms with van der Waals surface area (Å²) in [5, 5.41) is 0. The molecule has 0 saturated carbocycles. The van der Waals surface area contributed by atoms with Crippen LogP contribution in [0, 0.1) is 0 Å². The molecule has 0 spiro atoms. The van der Waals surface area contributed by atoms with E-state index in [1.54, 1.807) is 0 Å². The van der Waals surface area contributed by atoms with Gasteiger partial charge in [-0.05, 0) is 0 Å². The van der Waals surface area contributed by atoms with Crippen molar-refractivity contribution in [3.05, 3.63) is 0 Å². The Morgan fingerprint density at radius 1 is 1.62 bits per heavy atom. The molecule has 8 heavy (non-hydrogen) atoms. The molecule has 5 heteroatoms. The molecule has 0 aliphatic heterocycles. The summed E-state index contributed by atoms with van der Waals surface area (Å²) >= 11 is -2.15. The van der Waals surface area contributed by atoms with Gasteiger partial charge < -0.3 is 4.74 Å². The van der Waals surface area contributed by atoms with Gasteiger partial charge in [-0.15, -0.1) is 0 Å². The SMILES string of the molecule is COCCOS(=O)O. The van der Waals surface area contributed by atoms with Crippen LogP contribution in [0.2, 0.25) is 0 Å². The molecule has 0 saturated heterocycles. The van der Waals surface area contributed by atoms with Crippen LogP contribution in [0.3, 0.4) is 0 Å². The zero-order valence-corrected chi connectivity index (χ0v) is 5.31. The van der Waals surface area contributed by atoms with Crippen molar-refractivity contribution in [2.24, 2.45) is 0 Å². The van der Waals surface area contributed by atoms with E-state index in [-0.39, 0.29) is 6.61 Å². The summed E-state index contributed by atoms with van der Waals surface area (Å²) in [4.78, 5) is 0. The maximum absolute atomic E-state index is 9.71. The molecule has 1 atom stereocenters. The molecule has 4 nitrogen and oxygen atoms in total. The molecule has 1 N–H and O–H groups in total. The van der Waals surface area contributed by atoms with Gasteiger partial charge in [0.25, 0.3) is 0 Å². The van der Waals surface area contributed by atoms with E-state index in [2.05, 4.69) is 8.92 Å². The summed E-state index contributed by atoms with van der Waals surface area (Å²) in [6, 6.07) is 0. The van der Waals surface area contributed by atoms with Crippen LogP contribution < -0.4 is 0 Å². The standard InChI is InChI=1S/C3H8O4S/c1-6-2-3-7-8(4)5/h2-3H2,1H3,(H,4,5). The third kappa shape index (κ3) is 6.03. The van der Waals surface area contributed by atoms with E-state index >= 15 is 0 Å². The highest BCUT2D eigenvalue weighted by atomic mass is 32.2. The Morgan fingerprint density at radius 2 is 2.25 bits per heavy atom. The van der Waals surface area contributed by atoms with Crippen LogP contribution in [-0.4, -0.2) is 29.1 Å². The van der Waals surface area contributed by atoms with E-state index in [9.17, 15) is 4.21 Å². The fourth-order valence-electron chi connectivity index (χ4n) is 0.189. The molecular weight excluding hydrogens is 132 g/mol. The first-order chi connectivity index (χ1) is 3.77. The normalized spacial score (nSPS) is 13.8. The number of methoxy groups -OCH3 is 1. The van der Waals surface area contributed by atoms with Gasteiger partial charge in [0.05, 0.1) is 13.2 Å². The van der Waals surface area contributed by atoms with Crippen molar-refractivity contribution < 1.29 is 17.7 Å². The van der Waals surface area contributed by atoms with Crippen LogP contribution in [0.1, 0.15) is 0 Å². The minimum atomic E-state index is -2.15. The first kappa shape index (κ1) is 8.03. The zero-order chi connectivity index (χ0) is 6.41. The minimum Gasteiger partial charge on any atom is -0.382 e. The van der Waals surface area contributed by atoms with E-state index in [1.165, 1.54) is 7.11 Å². The molecule has 0 heterocycles. The van der Waals surface area contributed by atoms with Crippen molar-refractivity contribution in [3.63, 3.8) is 0 Å². The second-order valence-electron chi connectivity index (χ2n) is 1.03. The molecule has 0 aliphatic rings.